The topological polar surface area (TPSA) is 120 Å². The summed E-state index contributed by atoms with van der Waals surface area (Å²) in [7, 11) is -0.671. The molecular formula is C25H30N6O4S. The van der Waals surface area contributed by atoms with Gasteiger partial charge in [-0.15, -0.1) is 0 Å². The second-order valence-electron chi connectivity index (χ2n) is 9.71. The van der Waals surface area contributed by atoms with Crippen LogP contribution in [0.5, 0.6) is 0 Å². The molecule has 1 saturated carbocycles. The van der Waals surface area contributed by atoms with Crippen LogP contribution < -0.4 is 10.4 Å². The van der Waals surface area contributed by atoms with Crippen molar-refractivity contribution in [2.75, 3.05) is 31.9 Å². The smallest absolute Gasteiger partial charge is 0.342 e. The number of carbonyl (C=O) groups excluding carboxylic acids is 1. The Morgan fingerprint density at radius 1 is 1.11 bits per heavy atom. The summed E-state index contributed by atoms with van der Waals surface area (Å²) in [6.07, 6.45) is 3.53. The summed E-state index contributed by atoms with van der Waals surface area (Å²) in [6, 6.07) is 14.6. The van der Waals surface area contributed by atoms with E-state index in [4.69, 9.17) is 0 Å². The average Bonchev–Trinajstić information content (AvgIpc) is 3.50. The summed E-state index contributed by atoms with van der Waals surface area (Å²) in [6.45, 7) is 1.48. The molecule has 2 heterocycles. The molecule has 1 amide bonds. The number of aromatic nitrogens is 3. The minimum absolute atomic E-state index is 0.222. The zero-order valence-electron chi connectivity index (χ0n) is 20.3. The molecule has 2 fully saturated rings. The molecule has 1 aromatic heterocycles. The third-order valence-corrected chi connectivity index (χ3v) is 8.24. The lowest BCUT2D eigenvalue weighted by Gasteiger charge is -2.16. The monoisotopic (exact) mass is 510 g/mol. The van der Waals surface area contributed by atoms with E-state index in [0.717, 1.165) is 41.2 Å². The van der Waals surface area contributed by atoms with Crippen molar-refractivity contribution in [1.29, 1.82) is 0 Å². The highest BCUT2D eigenvalue weighted by Gasteiger charge is 2.37. The minimum atomic E-state index is -3.60. The Hall–Kier alpha value is -3.44. The fourth-order valence-corrected chi connectivity index (χ4v) is 5.19. The standard InChI is InChI=1S/C25H30N6O4S/c1-29(2)36(34,35)28-21-5-3-4-20(15-21)18-8-10-22(11-9-18)31-23(26-27-25(31)33)14-17-12-13-30(16-17)24(32)19-6-7-19/h3-5,8-11,15,17,19,28H,6-7,12-14,16H2,1-2H3,(H,27,33). The van der Waals surface area contributed by atoms with Gasteiger partial charge in [0.2, 0.25) is 5.91 Å². The van der Waals surface area contributed by atoms with Crippen molar-refractivity contribution in [3.8, 4) is 16.8 Å². The van der Waals surface area contributed by atoms with E-state index in [1.165, 1.54) is 14.1 Å². The third kappa shape index (κ3) is 5.07. The number of amides is 1. The van der Waals surface area contributed by atoms with Crippen LogP contribution in [0.25, 0.3) is 16.8 Å². The Bertz CT molecular complexity index is 1420. The summed E-state index contributed by atoms with van der Waals surface area (Å²) >= 11 is 0. The SMILES string of the molecule is CN(C)S(=O)(=O)Nc1cccc(-c2ccc(-n3c(CC4CCN(C(=O)C5CC5)C4)n[nH]c3=O)cc2)c1. The number of hydrogen-bond donors (Lipinski definition) is 2. The van der Waals surface area contributed by atoms with Crippen LogP contribution in [0.2, 0.25) is 0 Å². The van der Waals surface area contributed by atoms with E-state index in [-0.39, 0.29) is 23.4 Å². The Balaban J connectivity index is 1.32. The molecule has 11 heteroatoms. The van der Waals surface area contributed by atoms with E-state index in [2.05, 4.69) is 14.9 Å². The predicted octanol–water partition coefficient (Wildman–Crippen LogP) is 2.25. The van der Waals surface area contributed by atoms with Gasteiger partial charge in [0.05, 0.1) is 11.4 Å². The number of H-pyrrole nitrogens is 1. The van der Waals surface area contributed by atoms with E-state index in [1.807, 2.05) is 35.2 Å². The van der Waals surface area contributed by atoms with E-state index < -0.39 is 10.2 Å². The molecule has 1 unspecified atom stereocenters. The average molecular weight is 511 g/mol. The lowest BCUT2D eigenvalue weighted by molar-refractivity contribution is -0.131. The molecule has 3 aromatic rings. The molecule has 0 radical (unpaired) electrons. The maximum absolute atomic E-state index is 12.6. The number of nitrogens with zero attached hydrogens (tertiary/aromatic N) is 4. The Kier molecular flexibility index (Phi) is 6.44. The first kappa shape index (κ1) is 24.3. The van der Waals surface area contributed by atoms with Crippen molar-refractivity contribution in [3.05, 3.63) is 64.8 Å². The number of benzene rings is 2. The predicted molar refractivity (Wildman–Crippen MR) is 137 cm³/mol. The van der Waals surface area contributed by atoms with Crippen LogP contribution in [-0.2, 0) is 21.4 Å². The Labute approximate surface area is 210 Å². The van der Waals surface area contributed by atoms with Crippen molar-refractivity contribution in [2.45, 2.75) is 25.7 Å². The fourth-order valence-electron chi connectivity index (χ4n) is 4.58. The molecule has 5 rings (SSSR count). The highest BCUT2D eigenvalue weighted by atomic mass is 32.2. The van der Waals surface area contributed by atoms with Gasteiger partial charge >= 0.3 is 15.9 Å². The largest absolute Gasteiger partial charge is 0.347 e. The second-order valence-corrected chi connectivity index (χ2v) is 11.6. The van der Waals surface area contributed by atoms with Crippen LogP contribution in [0, 0.1) is 11.8 Å². The van der Waals surface area contributed by atoms with E-state index in [9.17, 15) is 18.0 Å². The van der Waals surface area contributed by atoms with Gasteiger partial charge in [-0.3, -0.25) is 9.52 Å². The number of likely N-dealkylation sites (tertiary alicyclic amines) is 1. The molecule has 0 bridgehead atoms. The molecule has 1 aliphatic carbocycles. The van der Waals surface area contributed by atoms with Gasteiger partial charge in [-0.05, 0) is 60.6 Å². The lowest BCUT2D eigenvalue weighted by Crippen LogP contribution is -2.30. The molecule has 1 atom stereocenters. The van der Waals surface area contributed by atoms with Crippen molar-refractivity contribution >= 4 is 21.8 Å². The number of anilines is 1. The molecule has 10 nitrogen and oxygen atoms in total. The van der Waals surface area contributed by atoms with Crippen LogP contribution in [0.4, 0.5) is 5.69 Å². The van der Waals surface area contributed by atoms with E-state index in [1.54, 1.807) is 22.8 Å². The first-order valence-corrected chi connectivity index (χ1v) is 13.5. The number of nitrogens with one attached hydrogen (secondary N) is 2. The zero-order valence-corrected chi connectivity index (χ0v) is 21.2. The maximum atomic E-state index is 12.6. The Morgan fingerprint density at radius 3 is 2.56 bits per heavy atom. The first-order valence-electron chi connectivity index (χ1n) is 12.1. The minimum Gasteiger partial charge on any atom is -0.342 e. The van der Waals surface area contributed by atoms with Gasteiger partial charge in [-0.25, -0.2) is 14.5 Å². The van der Waals surface area contributed by atoms with Gasteiger partial charge in [0, 0.05) is 39.5 Å². The summed E-state index contributed by atoms with van der Waals surface area (Å²) in [5.41, 5.74) is 2.58. The first-order chi connectivity index (χ1) is 17.2. The normalized spacial score (nSPS) is 18.1. The van der Waals surface area contributed by atoms with Gasteiger partial charge in [-0.2, -0.15) is 17.8 Å². The van der Waals surface area contributed by atoms with Gasteiger partial charge < -0.3 is 4.90 Å². The molecule has 36 heavy (non-hydrogen) atoms. The molecule has 2 aromatic carbocycles. The Morgan fingerprint density at radius 2 is 1.86 bits per heavy atom. The van der Waals surface area contributed by atoms with Crippen LogP contribution in [0.15, 0.2) is 53.3 Å². The van der Waals surface area contributed by atoms with E-state index >= 15 is 0 Å². The number of rotatable bonds is 8. The number of hydrogen-bond acceptors (Lipinski definition) is 5. The fraction of sp³-hybridized carbons (Fsp3) is 0.400. The van der Waals surface area contributed by atoms with Crippen molar-refractivity contribution in [2.24, 2.45) is 11.8 Å². The molecular weight excluding hydrogens is 480 g/mol. The van der Waals surface area contributed by atoms with E-state index in [0.29, 0.717) is 30.2 Å². The number of carbonyl (C=O) groups is 1. The van der Waals surface area contributed by atoms with Gasteiger partial charge in [0.15, 0.2) is 0 Å². The zero-order chi connectivity index (χ0) is 25.4. The molecule has 1 saturated heterocycles. The van der Waals surface area contributed by atoms with Crippen molar-refractivity contribution in [3.63, 3.8) is 0 Å². The highest BCUT2D eigenvalue weighted by molar-refractivity contribution is 7.90. The molecule has 190 valence electrons. The molecule has 2 N–H and O–H groups in total. The van der Waals surface area contributed by atoms with Gasteiger partial charge in [-0.1, -0.05) is 24.3 Å². The van der Waals surface area contributed by atoms with Gasteiger partial charge in [0.1, 0.15) is 5.82 Å². The van der Waals surface area contributed by atoms with Crippen LogP contribution in [0.3, 0.4) is 0 Å². The highest BCUT2D eigenvalue weighted by Crippen LogP contribution is 2.33. The van der Waals surface area contributed by atoms with Crippen LogP contribution in [-0.4, -0.2) is 65.5 Å². The van der Waals surface area contributed by atoms with Gasteiger partial charge in [0.25, 0.3) is 0 Å². The van der Waals surface area contributed by atoms with Crippen LogP contribution >= 0.6 is 0 Å². The second kappa shape index (κ2) is 9.55. The quantitative estimate of drug-likeness (QED) is 0.482. The van der Waals surface area contributed by atoms with Crippen molar-refractivity contribution < 1.29 is 13.2 Å². The molecule has 1 aliphatic heterocycles. The lowest BCUT2D eigenvalue weighted by atomic mass is 10.0. The third-order valence-electron chi connectivity index (χ3n) is 6.79. The van der Waals surface area contributed by atoms with Crippen molar-refractivity contribution in [1.82, 2.24) is 24.0 Å². The maximum Gasteiger partial charge on any atom is 0.347 e. The summed E-state index contributed by atoms with van der Waals surface area (Å²) in [5, 5.41) is 6.83. The molecule has 0 spiro atoms. The molecule has 2 aliphatic rings. The summed E-state index contributed by atoms with van der Waals surface area (Å²) in [5.74, 6) is 1.42. The summed E-state index contributed by atoms with van der Waals surface area (Å²) < 4.78 is 29.5. The number of aromatic amines is 1. The summed E-state index contributed by atoms with van der Waals surface area (Å²) in [4.78, 5) is 26.9. The van der Waals surface area contributed by atoms with Crippen LogP contribution in [0.1, 0.15) is 25.1 Å².